The predicted molar refractivity (Wildman–Crippen MR) is 76.2 cm³/mol. The fourth-order valence-electron chi connectivity index (χ4n) is 1.77. The van der Waals surface area contributed by atoms with Crippen LogP contribution in [0.2, 0.25) is 5.02 Å². The first kappa shape index (κ1) is 14.3. The molecule has 0 unspecified atom stereocenters. The SMILES string of the molecule is Cc1nn(C)cc1CNC(=O)c1cnc(NN)c(Cl)c1. The summed E-state index contributed by atoms with van der Waals surface area (Å²) in [5, 5.41) is 7.29. The van der Waals surface area contributed by atoms with Gasteiger partial charge in [-0.3, -0.25) is 9.48 Å². The smallest absolute Gasteiger partial charge is 0.253 e. The molecule has 0 aliphatic rings. The summed E-state index contributed by atoms with van der Waals surface area (Å²) in [4.78, 5) is 15.9. The van der Waals surface area contributed by atoms with Gasteiger partial charge in [-0.1, -0.05) is 11.6 Å². The number of rotatable bonds is 4. The number of nitrogens with two attached hydrogens (primary N) is 1. The van der Waals surface area contributed by atoms with Gasteiger partial charge in [0.15, 0.2) is 5.82 Å². The number of aryl methyl sites for hydroxylation is 2. The lowest BCUT2D eigenvalue weighted by molar-refractivity contribution is 0.0950. The number of pyridine rings is 1. The van der Waals surface area contributed by atoms with E-state index < -0.39 is 0 Å². The molecular weight excluding hydrogens is 280 g/mol. The molecule has 0 atom stereocenters. The van der Waals surface area contributed by atoms with Crippen molar-refractivity contribution in [3.05, 3.63) is 40.3 Å². The topological polar surface area (TPSA) is 97.9 Å². The summed E-state index contributed by atoms with van der Waals surface area (Å²) in [5.41, 5.74) is 4.55. The average Bonchev–Trinajstić information content (AvgIpc) is 2.74. The van der Waals surface area contributed by atoms with Crippen molar-refractivity contribution in [1.29, 1.82) is 0 Å². The minimum absolute atomic E-state index is 0.258. The van der Waals surface area contributed by atoms with Gasteiger partial charge in [0.2, 0.25) is 0 Å². The molecular formula is C12H15ClN6O. The van der Waals surface area contributed by atoms with Gasteiger partial charge in [0.25, 0.3) is 5.91 Å². The molecule has 0 aliphatic heterocycles. The third-order valence-electron chi connectivity index (χ3n) is 2.79. The van der Waals surface area contributed by atoms with Gasteiger partial charge in [-0.2, -0.15) is 5.10 Å². The van der Waals surface area contributed by atoms with Crippen molar-refractivity contribution in [1.82, 2.24) is 20.1 Å². The number of hydrogen-bond acceptors (Lipinski definition) is 5. The number of anilines is 1. The molecule has 2 rings (SSSR count). The van der Waals surface area contributed by atoms with Gasteiger partial charge < -0.3 is 10.7 Å². The van der Waals surface area contributed by atoms with Gasteiger partial charge in [0, 0.05) is 31.5 Å². The number of nitrogens with zero attached hydrogens (tertiary/aromatic N) is 3. The summed E-state index contributed by atoms with van der Waals surface area (Å²) in [6.07, 6.45) is 3.27. The zero-order valence-corrected chi connectivity index (χ0v) is 11.9. The third-order valence-corrected chi connectivity index (χ3v) is 3.08. The number of amides is 1. The first-order valence-electron chi connectivity index (χ1n) is 5.90. The highest BCUT2D eigenvalue weighted by Gasteiger charge is 2.10. The van der Waals surface area contributed by atoms with Crippen molar-refractivity contribution in [3.63, 3.8) is 0 Å². The highest BCUT2D eigenvalue weighted by Crippen LogP contribution is 2.18. The molecule has 0 spiro atoms. The maximum absolute atomic E-state index is 12.0. The molecule has 0 saturated carbocycles. The Morgan fingerprint density at radius 3 is 2.85 bits per heavy atom. The van der Waals surface area contributed by atoms with E-state index in [2.05, 4.69) is 20.8 Å². The number of nitrogens with one attached hydrogen (secondary N) is 2. The number of carbonyl (C=O) groups excluding carboxylic acids is 1. The fraction of sp³-hybridized carbons (Fsp3) is 0.250. The van der Waals surface area contributed by atoms with Crippen molar-refractivity contribution in [2.24, 2.45) is 12.9 Å². The van der Waals surface area contributed by atoms with Gasteiger partial charge in [0.1, 0.15) is 0 Å². The molecule has 2 heterocycles. The van der Waals surface area contributed by atoms with Crippen LogP contribution in [0.4, 0.5) is 5.82 Å². The number of aromatic nitrogens is 3. The Labute approximate surface area is 121 Å². The Kier molecular flexibility index (Phi) is 4.21. The minimum Gasteiger partial charge on any atom is -0.348 e. The standard InChI is InChI=1S/C12H15ClN6O/c1-7-9(6-19(2)18-7)5-16-12(20)8-3-10(13)11(17-14)15-4-8/h3-4,6H,5,14H2,1-2H3,(H,15,17)(H,16,20). The minimum atomic E-state index is -0.258. The van der Waals surface area contributed by atoms with E-state index >= 15 is 0 Å². The molecule has 0 aromatic carbocycles. The molecule has 106 valence electrons. The fourth-order valence-corrected chi connectivity index (χ4v) is 1.99. The normalized spacial score (nSPS) is 10.4. The van der Waals surface area contributed by atoms with E-state index in [1.165, 1.54) is 12.3 Å². The first-order chi connectivity index (χ1) is 9.51. The summed E-state index contributed by atoms with van der Waals surface area (Å²) in [5.74, 6) is 5.29. The monoisotopic (exact) mass is 294 g/mol. The Bertz CT molecular complexity index is 639. The van der Waals surface area contributed by atoms with E-state index in [4.69, 9.17) is 17.4 Å². The van der Waals surface area contributed by atoms with E-state index in [1.807, 2.05) is 20.2 Å². The maximum atomic E-state index is 12.0. The second-order valence-corrected chi connectivity index (χ2v) is 4.70. The van der Waals surface area contributed by atoms with Gasteiger partial charge in [0.05, 0.1) is 16.3 Å². The Morgan fingerprint density at radius 1 is 1.55 bits per heavy atom. The molecule has 2 aromatic rings. The third kappa shape index (κ3) is 3.06. The van der Waals surface area contributed by atoms with Crippen LogP contribution in [0.15, 0.2) is 18.5 Å². The van der Waals surface area contributed by atoms with Gasteiger partial charge >= 0.3 is 0 Å². The van der Waals surface area contributed by atoms with Crippen molar-refractivity contribution in [2.75, 3.05) is 5.43 Å². The van der Waals surface area contributed by atoms with E-state index in [9.17, 15) is 4.79 Å². The summed E-state index contributed by atoms with van der Waals surface area (Å²) in [6.45, 7) is 2.29. The largest absolute Gasteiger partial charge is 0.348 e. The number of hydrazine groups is 1. The van der Waals surface area contributed by atoms with Crippen LogP contribution in [0.1, 0.15) is 21.6 Å². The van der Waals surface area contributed by atoms with Gasteiger partial charge in [-0.15, -0.1) is 0 Å². The molecule has 4 N–H and O–H groups in total. The van der Waals surface area contributed by atoms with Gasteiger partial charge in [-0.25, -0.2) is 10.8 Å². The van der Waals surface area contributed by atoms with Crippen LogP contribution in [-0.4, -0.2) is 20.7 Å². The predicted octanol–water partition coefficient (Wildman–Crippen LogP) is 0.993. The molecule has 0 saturated heterocycles. The Morgan fingerprint density at radius 2 is 2.30 bits per heavy atom. The molecule has 0 aliphatic carbocycles. The molecule has 0 radical (unpaired) electrons. The molecule has 7 nitrogen and oxygen atoms in total. The van der Waals surface area contributed by atoms with Crippen LogP contribution in [-0.2, 0) is 13.6 Å². The lowest BCUT2D eigenvalue weighted by Gasteiger charge is -2.06. The summed E-state index contributed by atoms with van der Waals surface area (Å²) in [7, 11) is 1.83. The van der Waals surface area contributed by atoms with Crippen molar-refractivity contribution in [3.8, 4) is 0 Å². The number of halogens is 1. The summed E-state index contributed by atoms with van der Waals surface area (Å²) in [6, 6.07) is 1.51. The molecule has 0 fully saturated rings. The van der Waals surface area contributed by atoms with Crippen molar-refractivity contribution >= 4 is 23.3 Å². The van der Waals surface area contributed by atoms with Crippen molar-refractivity contribution in [2.45, 2.75) is 13.5 Å². The van der Waals surface area contributed by atoms with Gasteiger partial charge in [-0.05, 0) is 13.0 Å². The van der Waals surface area contributed by atoms with E-state index in [-0.39, 0.29) is 10.9 Å². The maximum Gasteiger partial charge on any atom is 0.253 e. The Hall–Kier alpha value is -2.12. The van der Waals surface area contributed by atoms with Crippen LogP contribution in [0, 0.1) is 6.92 Å². The van der Waals surface area contributed by atoms with Crippen LogP contribution in [0.3, 0.4) is 0 Å². The zero-order chi connectivity index (χ0) is 14.7. The van der Waals surface area contributed by atoms with E-state index in [1.54, 1.807) is 4.68 Å². The quantitative estimate of drug-likeness (QED) is 0.577. The number of carbonyl (C=O) groups is 1. The van der Waals surface area contributed by atoms with Crippen LogP contribution in [0.25, 0.3) is 0 Å². The first-order valence-corrected chi connectivity index (χ1v) is 6.28. The highest BCUT2D eigenvalue weighted by atomic mass is 35.5. The number of hydrogen-bond donors (Lipinski definition) is 3. The molecule has 0 bridgehead atoms. The summed E-state index contributed by atoms with van der Waals surface area (Å²) < 4.78 is 1.71. The molecule has 1 amide bonds. The second kappa shape index (κ2) is 5.89. The molecule has 2 aromatic heterocycles. The molecule has 20 heavy (non-hydrogen) atoms. The zero-order valence-electron chi connectivity index (χ0n) is 11.1. The van der Waals surface area contributed by atoms with Crippen molar-refractivity contribution < 1.29 is 4.79 Å². The molecule has 8 heteroatoms. The summed E-state index contributed by atoms with van der Waals surface area (Å²) >= 11 is 5.92. The van der Waals surface area contributed by atoms with Crippen LogP contribution < -0.4 is 16.6 Å². The average molecular weight is 295 g/mol. The Balaban J connectivity index is 2.05. The number of nitrogen functional groups attached to an aromatic ring is 1. The lowest BCUT2D eigenvalue weighted by Crippen LogP contribution is -2.23. The lowest BCUT2D eigenvalue weighted by atomic mass is 10.2. The van der Waals surface area contributed by atoms with Crippen LogP contribution >= 0.6 is 11.6 Å². The van der Waals surface area contributed by atoms with E-state index in [0.29, 0.717) is 17.9 Å². The highest BCUT2D eigenvalue weighted by molar-refractivity contribution is 6.33. The van der Waals surface area contributed by atoms with E-state index in [0.717, 1.165) is 11.3 Å². The van der Waals surface area contributed by atoms with Crippen LogP contribution in [0.5, 0.6) is 0 Å². The second-order valence-electron chi connectivity index (χ2n) is 4.29.